The summed E-state index contributed by atoms with van der Waals surface area (Å²) in [4.78, 5) is 11.1. The van der Waals surface area contributed by atoms with Crippen LogP contribution < -0.4 is 4.72 Å². The van der Waals surface area contributed by atoms with E-state index in [2.05, 4.69) is 36.9 Å². The van der Waals surface area contributed by atoms with Crippen molar-refractivity contribution in [3.63, 3.8) is 0 Å². The van der Waals surface area contributed by atoms with E-state index in [1.54, 1.807) is 18.3 Å². The quantitative estimate of drug-likeness (QED) is 0.629. The lowest BCUT2D eigenvalue weighted by atomic mass is 9.80. The van der Waals surface area contributed by atoms with Gasteiger partial charge < -0.3 is 4.52 Å². The zero-order valence-electron chi connectivity index (χ0n) is 17.3. The van der Waals surface area contributed by atoms with Crippen LogP contribution in [0.15, 0.2) is 64.3 Å². The first-order valence-corrected chi connectivity index (χ1v) is 11.9. The molecular weight excluding hydrogens is 414 g/mol. The maximum Gasteiger partial charge on any atom is 0.242 e. The van der Waals surface area contributed by atoms with Crippen molar-refractivity contribution in [2.45, 2.75) is 42.7 Å². The molecule has 3 heterocycles. The highest BCUT2D eigenvalue weighted by atomic mass is 32.2. The lowest BCUT2D eigenvalue weighted by molar-refractivity contribution is 0.241. The number of nitrogens with one attached hydrogen (secondary N) is 1. The summed E-state index contributed by atoms with van der Waals surface area (Å²) in [6.45, 7) is 4.28. The third kappa shape index (κ3) is 3.88. The molecule has 3 aromatic rings. The van der Waals surface area contributed by atoms with Crippen LogP contribution >= 0.6 is 0 Å². The minimum atomic E-state index is -3.63. The van der Waals surface area contributed by atoms with Gasteiger partial charge in [0.15, 0.2) is 5.82 Å². The molecule has 1 aliphatic carbocycles. The van der Waals surface area contributed by atoms with Gasteiger partial charge in [-0.25, -0.2) is 13.1 Å². The summed E-state index contributed by atoms with van der Waals surface area (Å²) < 4.78 is 34.2. The van der Waals surface area contributed by atoms with Gasteiger partial charge in [0.05, 0.1) is 5.41 Å². The molecule has 0 radical (unpaired) electrons. The van der Waals surface area contributed by atoms with Crippen LogP contribution in [0, 0.1) is 12.8 Å². The van der Waals surface area contributed by atoms with E-state index >= 15 is 0 Å². The van der Waals surface area contributed by atoms with E-state index in [1.165, 1.54) is 11.8 Å². The monoisotopic (exact) mass is 439 g/mol. The first-order valence-electron chi connectivity index (χ1n) is 10.4. The summed E-state index contributed by atoms with van der Waals surface area (Å²) >= 11 is 0. The molecule has 1 aliphatic heterocycles. The number of rotatable bonds is 6. The van der Waals surface area contributed by atoms with Gasteiger partial charge in [-0.05, 0) is 43.4 Å². The highest BCUT2D eigenvalue weighted by molar-refractivity contribution is 7.89. The average Bonchev–Trinajstić information content (AvgIpc) is 3.42. The van der Waals surface area contributed by atoms with Crippen LogP contribution in [0.1, 0.15) is 30.1 Å². The first-order chi connectivity index (χ1) is 14.9. The Bertz CT molecular complexity index is 1150. The molecule has 31 heavy (non-hydrogen) atoms. The van der Waals surface area contributed by atoms with E-state index in [0.29, 0.717) is 18.1 Å². The number of aryl methyl sites for hydroxylation is 1. The molecule has 8 nitrogen and oxygen atoms in total. The highest BCUT2D eigenvalue weighted by Gasteiger charge is 2.57. The molecule has 0 amide bonds. The van der Waals surface area contributed by atoms with Gasteiger partial charge in [-0.3, -0.25) is 9.88 Å². The van der Waals surface area contributed by atoms with Crippen molar-refractivity contribution >= 4 is 10.0 Å². The first kappa shape index (κ1) is 20.3. The number of fused-ring (bicyclic) bond motifs is 1. The van der Waals surface area contributed by atoms with Crippen molar-refractivity contribution in [2.24, 2.45) is 5.92 Å². The van der Waals surface area contributed by atoms with E-state index in [4.69, 9.17) is 4.52 Å². The number of nitrogens with zero attached hydrogens (tertiary/aromatic N) is 4. The van der Waals surface area contributed by atoms with Gasteiger partial charge in [0.2, 0.25) is 15.9 Å². The lowest BCUT2D eigenvalue weighted by Crippen LogP contribution is -2.38. The van der Waals surface area contributed by atoms with Gasteiger partial charge >= 0.3 is 0 Å². The Kier molecular flexibility index (Phi) is 5.11. The summed E-state index contributed by atoms with van der Waals surface area (Å²) in [6, 6.07) is 13.4. The SMILES string of the molecule is Cc1noc([C@]23C[C@H](NS(=O)(=O)c4cccnc4)C[C@H]2CN(Cc2ccccc2)C3)n1. The molecule has 1 aromatic carbocycles. The smallest absolute Gasteiger partial charge is 0.242 e. The minimum Gasteiger partial charge on any atom is -0.339 e. The Morgan fingerprint density at radius 1 is 1.23 bits per heavy atom. The predicted molar refractivity (Wildman–Crippen MR) is 114 cm³/mol. The molecule has 3 atom stereocenters. The van der Waals surface area contributed by atoms with Crippen molar-refractivity contribution in [3.05, 3.63) is 72.1 Å². The van der Waals surface area contributed by atoms with Gasteiger partial charge in [0, 0.05) is 38.1 Å². The second-order valence-corrected chi connectivity index (χ2v) is 10.3. The standard InChI is InChI=1S/C22H25N5O3S/c1-16-24-21(30-25-16)22-11-19(26-31(28,29)20-8-5-9-23-12-20)10-18(22)14-27(15-22)13-17-6-3-2-4-7-17/h2-9,12,18-19,26H,10-11,13-15H2,1H3/t18-,19+,22-/m0/s1. The molecule has 5 rings (SSSR count). The molecule has 162 valence electrons. The zero-order chi connectivity index (χ0) is 21.5. The topological polar surface area (TPSA) is 101 Å². The lowest BCUT2D eigenvalue weighted by Gasteiger charge is -2.25. The van der Waals surface area contributed by atoms with Crippen molar-refractivity contribution in [3.8, 4) is 0 Å². The van der Waals surface area contributed by atoms with Crippen LogP contribution in [0.25, 0.3) is 0 Å². The Balaban J connectivity index is 1.38. The van der Waals surface area contributed by atoms with Gasteiger partial charge in [0.25, 0.3) is 0 Å². The summed E-state index contributed by atoms with van der Waals surface area (Å²) in [5.41, 5.74) is 0.909. The maximum absolute atomic E-state index is 12.8. The molecule has 0 unspecified atom stereocenters. The number of hydrogen-bond acceptors (Lipinski definition) is 7. The number of aromatic nitrogens is 3. The van der Waals surface area contributed by atoms with E-state index in [0.717, 1.165) is 26.1 Å². The predicted octanol–water partition coefficient (Wildman–Crippen LogP) is 2.28. The van der Waals surface area contributed by atoms with Gasteiger partial charge in [-0.2, -0.15) is 4.98 Å². The summed E-state index contributed by atoms with van der Waals surface area (Å²) in [6.07, 6.45) is 4.29. The largest absolute Gasteiger partial charge is 0.339 e. The molecular formula is C22H25N5O3S. The normalized spacial score (nSPS) is 26.2. The molecule has 0 spiro atoms. The second-order valence-electron chi connectivity index (χ2n) is 8.60. The molecule has 9 heteroatoms. The fourth-order valence-electron chi connectivity index (χ4n) is 5.15. The van der Waals surface area contributed by atoms with Crippen LogP contribution in [0.2, 0.25) is 0 Å². The van der Waals surface area contributed by atoms with Crippen LogP contribution in [-0.4, -0.2) is 47.6 Å². The Hall–Kier alpha value is -2.62. The Labute approximate surface area is 181 Å². The molecule has 1 N–H and O–H groups in total. The summed E-state index contributed by atoms with van der Waals surface area (Å²) in [5.74, 6) is 1.45. The zero-order valence-corrected chi connectivity index (χ0v) is 18.1. The molecule has 0 bridgehead atoms. The summed E-state index contributed by atoms with van der Waals surface area (Å²) in [7, 11) is -3.63. The number of hydrogen-bond donors (Lipinski definition) is 1. The Morgan fingerprint density at radius 2 is 2.06 bits per heavy atom. The minimum absolute atomic E-state index is 0.181. The van der Waals surface area contributed by atoms with E-state index in [9.17, 15) is 8.42 Å². The molecule has 1 saturated heterocycles. The van der Waals surface area contributed by atoms with Crippen molar-refractivity contribution in [1.29, 1.82) is 0 Å². The fourth-order valence-corrected chi connectivity index (χ4v) is 6.36. The molecule has 2 aromatic heterocycles. The Morgan fingerprint density at radius 3 is 2.77 bits per heavy atom. The third-order valence-electron chi connectivity index (χ3n) is 6.41. The van der Waals surface area contributed by atoms with E-state index in [1.807, 2.05) is 25.1 Å². The van der Waals surface area contributed by atoms with Crippen molar-refractivity contribution in [1.82, 2.24) is 24.7 Å². The molecule has 1 saturated carbocycles. The average molecular weight is 440 g/mol. The molecule has 2 fully saturated rings. The second kappa shape index (κ2) is 7.81. The van der Waals surface area contributed by atoms with Gasteiger partial charge in [0.1, 0.15) is 4.90 Å². The van der Waals surface area contributed by atoms with Crippen molar-refractivity contribution < 1.29 is 12.9 Å². The van der Waals surface area contributed by atoms with E-state index in [-0.39, 0.29) is 22.3 Å². The van der Waals surface area contributed by atoms with Crippen molar-refractivity contribution in [2.75, 3.05) is 13.1 Å². The fraction of sp³-hybridized carbons (Fsp3) is 0.409. The van der Waals surface area contributed by atoms with Crippen LogP contribution in [0.4, 0.5) is 0 Å². The van der Waals surface area contributed by atoms with E-state index < -0.39 is 10.0 Å². The van der Waals surface area contributed by atoms with Crippen LogP contribution in [0.5, 0.6) is 0 Å². The van der Waals surface area contributed by atoms with Crippen LogP contribution in [0.3, 0.4) is 0 Å². The third-order valence-corrected chi connectivity index (χ3v) is 7.92. The van der Waals surface area contributed by atoms with Gasteiger partial charge in [-0.1, -0.05) is 35.5 Å². The number of pyridine rings is 1. The number of likely N-dealkylation sites (tertiary alicyclic amines) is 1. The summed E-state index contributed by atoms with van der Waals surface area (Å²) in [5, 5.41) is 4.02. The highest BCUT2D eigenvalue weighted by Crippen LogP contribution is 2.50. The number of sulfonamides is 1. The maximum atomic E-state index is 12.8. The van der Waals surface area contributed by atoms with Crippen LogP contribution in [-0.2, 0) is 22.0 Å². The molecule has 2 aliphatic rings. The number of benzene rings is 1. The van der Waals surface area contributed by atoms with Gasteiger partial charge in [-0.15, -0.1) is 0 Å².